The fraction of sp³-hybridized carbons (Fsp3) is 0.257. The molecule has 3 aromatic carbocycles. The van der Waals surface area contributed by atoms with Crippen LogP contribution in [0.25, 0.3) is 6.08 Å². The number of rotatable bonds is 5. The zero-order valence-electron chi connectivity index (χ0n) is 24.1. The number of hydrogen-bond acceptors (Lipinski definition) is 6. The Bertz CT molecular complexity index is 1800. The third-order valence-corrected chi connectivity index (χ3v) is 11.0. The Kier molecular flexibility index (Phi) is 7.83. The number of carbonyl (C=O) groups excluding carboxylic acids is 4. The quantitative estimate of drug-likeness (QED) is 0.187. The van der Waals surface area contributed by atoms with E-state index in [9.17, 15) is 24.3 Å². The van der Waals surface area contributed by atoms with Crippen molar-refractivity contribution in [3.05, 3.63) is 97.2 Å². The van der Waals surface area contributed by atoms with Crippen LogP contribution in [0.1, 0.15) is 18.4 Å². The molecule has 3 aromatic rings. The molecule has 6 unspecified atom stereocenters. The molecule has 2 saturated heterocycles. The lowest BCUT2D eigenvalue weighted by Crippen LogP contribution is -2.43. The van der Waals surface area contributed by atoms with Gasteiger partial charge in [-0.25, -0.2) is 0 Å². The van der Waals surface area contributed by atoms with Gasteiger partial charge in [0.05, 0.1) is 42.2 Å². The van der Waals surface area contributed by atoms with E-state index in [1.165, 1.54) is 16.9 Å². The molecular weight excluding hydrogens is 798 g/mol. The third-order valence-electron chi connectivity index (χ3n) is 9.57. The smallest absolute Gasteiger partial charge is 0.238 e. The largest absolute Gasteiger partial charge is 0.504 e. The fourth-order valence-electron chi connectivity index (χ4n) is 7.55. The molecule has 0 spiro atoms. The minimum absolute atomic E-state index is 0.0142. The Morgan fingerprint density at radius 2 is 1.33 bits per heavy atom. The van der Waals surface area contributed by atoms with Gasteiger partial charge in [-0.15, -0.1) is 0 Å². The van der Waals surface area contributed by atoms with Crippen LogP contribution < -0.4 is 14.5 Å². The number of benzene rings is 3. The van der Waals surface area contributed by atoms with Crippen LogP contribution in [-0.2, 0) is 19.2 Å². The first kappa shape index (κ1) is 30.2. The highest BCUT2D eigenvalue weighted by molar-refractivity contribution is 14.1. The number of amides is 4. The molecule has 1 saturated carbocycles. The number of phenolic OH excluding ortho intramolecular Hbond substituents is 1. The van der Waals surface area contributed by atoms with Crippen LogP contribution in [0, 0.1) is 42.6 Å². The van der Waals surface area contributed by atoms with Gasteiger partial charge in [0.1, 0.15) is 0 Å². The topological polar surface area (TPSA) is 104 Å². The predicted octanol–water partition coefficient (Wildman–Crippen LogP) is 6.20. The molecule has 10 heteroatoms. The first-order valence-electron chi connectivity index (χ1n) is 14.7. The maximum atomic E-state index is 14.1. The lowest BCUT2D eigenvalue weighted by molar-refractivity contribution is -0.126. The summed E-state index contributed by atoms with van der Waals surface area (Å²) in [6.45, 7) is 0. The second-order valence-electron chi connectivity index (χ2n) is 11.8. The lowest BCUT2D eigenvalue weighted by Gasteiger charge is -2.42. The summed E-state index contributed by atoms with van der Waals surface area (Å²) >= 11 is 4.37. The van der Waals surface area contributed by atoms with Crippen molar-refractivity contribution in [1.82, 2.24) is 0 Å². The number of imide groups is 2. The van der Waals surface area contributed by atoms with Crippen molar-refractivity contribution in [1.29, 1.82) is 0 Å². The van der Waals surface area contributed by atoms with Crippen molar-refractivity contribution in [2.45, 2.75) is 12.8 Å². The summed E-state index contributed by atoms with van der Waals surface area (Å²) in [5.74, 6) is -3.93. The average Bonchev–Trinajstić information content (AvgIpc) is 3.44. The van der Waals surface area contributed by atoms with Crippen molar-refractivity contribution in [2.75, 3.05) is 16.9 Å². The van der Waals surface area contributed by atoms with Crippen LogP contribution in [-0.4, -0.2) is 35.8 Å². The van der Waals surface area contributed by atoms with E-state index in [0.717, 1.165) is 18.3 Å². The number of carbonyl (C=O) groups is 4. The van der Waals surface area contributed by atoms with Crippen LogP contribution in [0.4, 0.5) is 11.4 Å². The molecule has 2 aliphatic heterocycles. The number of allylic oxidation sites excluding steroid dienone is 3. The zero-order chi connectivity index (χ0) is 31.6. The number of anilines is 2. The number of halogens is 2. The number of methoxy groups -OCH3 is 1. The summed E-state index contributed by atoms with van der Waals surface area (Å²) in [5.41, 5.74) is 2.75. The third kappa shape index (κ3) is 5.00. The van der Waals surface area contributed by atoms with Gasteiger partial charge in [0.2, 0.25) is 23.6 Å². The number of hydrogen-bond donors (Lipinski definition) is 1. The molecule has 0 aromatic heterocycles. The van der Waals surface area contributed by atoms with E-state index in [1.807, 2.05) is 42.5 Å². The molecule has 2 aliphatic carbocycles. The van der Waals surface area contributed by atoms with Crippen LogP contribution in [0.15, 0.2) is 84.5 Å². The number of phenols is 1. The normalized spacial score (nSPS) is 27.5. The SMILES string of the molecule is COc1cc(C=CC2C3=CCC4C(=O)N(c5ccc(I)cc5)C(=O)C4C3CC3C(=O)N(c4ccc(I)cc4)C(=O)C23)ccc1O. The Hall–Kier alpha value is -3.52. The number of aromatic hydroxyl groups is 1. The van der Waals surface area contributed by atoms with E-state index >= 15 is 0 Å². The molecule has 228 valence electrons. The van der Waals surface area contributed by atoms with E-state index in [1.54, 1.807) is 42.5 Å². The van der Waals surface area contributed by atoms with Crippen molar-refractivity contribution in [3.63, 3.8) is 0 Å². The van der Waals surface area contributed by atoms with Gasteiger partial charge in [-0.1, -0.05) is 29.9 Å². The molecule has 7 rings (SSSR count). The van der Waals surface area contributed by atoms with E-state index < -0.39 is 29.6 Å². The zero-order valence-corrected chi connectivity index (χ0v) is 28.4. The molecule has 4 aliphatic rings. The summed E-state index contributed by atoms with van der Waals surface area (Å²) < 4.78 is 7.27. The van der Waals surface area contributed by atoms with Gasteiger partial charge in [-0.2, -0.15) is 0 Å². The Morgan fingerprint density at radius 3 is 1.93 bits per heavy atom. The second-order valence-corrected chi connectivity index (χ2v) is 14.3. The molecule has 6 atom stereocenters. The van der Waals surface area contributed by atoms with Crippen molar-refractivity contribution >= 4 is 86.3 Å². The van der Waals surface area contributed by atoms with Crippen molar-refractivity contribution in [3.8, 4) is 11.5 Å². The first-order valence-corrected chi connectivity index (χ1v) is 16.9. The van der Waals surface area contributed by atoms with E-state index in [0.29, 0.717) is 30.0 Å². The van der Waals surface area contributed by atoms with Gasteiger partial charge in [-0.05, 0) is 130 Å². The van der Waals surface area contributed by atoms with E-state index in [-0.39, 0.29) is 35.3 Å². The maximum absolute atomic E-state index is 14.1. The van der Waals surface area contributed by atoms with Crippen LogP contribution in [0.3, 0.4) is 0 Å². The molecule has 8 nitrogen and oxygen atoms in total. The lowest BCUT2D eigenvalue weighted by atomic mass is 9.58. The predicted molar refractivity (Wildman–Crippen MR) is 185 cm³/mol. The van der Waals surface area contributed by atoms with Gasteiger partial charge >= 0.3 is 0 Å². The van der Waals surface area contributed by atoms with Crippen molar-refractivity contribution in [2.24, 2.45) is 35.5 Å². The van der Waals surface area contributed by atoms with Gasteiger partial charge in [0.25, 0.3) is 0 Å². The molecule has 0 radical (unpaired) electrons. The molecule has 4 amide bonds. The molecule has 2 heterocycles. The maximum Gasteiger partial charge on any atom is 0.238 e. The second kappa shape index (κ2) is 11.7. The highest BCUT2D eigenvalue weighted by Gasteiger charge is 2.61. The summed E-state index contributed by atoms with van der Waals surface area (Å²) in [5, 5.41) is 10.1. The monoisotopic (exact) mass is 826 g/mol. The van der Waals surface area contributed by atoms with Crippen LogP contribution in [0.5, 0.6) is 11.5 Å². The van der Waals surface area contributed by atoms with Crippen molar-refractivity contribution < 1.29 is 29.0 Å². The Balaban J connectivity index is 1.30. The minimum atomic E-state index is -0.648. The van der Waals surface area contributed by atoms with Gasteiger partial charge in [0.15, 0.2) is 11.5 Å². The average molecular weight is 826 g/mol. The Labute approximate surface area is 287 Å². The molecule has 1 N–H and O–H groups in total. The molecular formula is C35H28I2N2O6. The Morgan fingerprint density at radius 1 is 0.756 bits per heavy atom. The van der Waals surface area contributed by atoms with E-state index in [2.05, 4.69) is 45.2 Å². The number of fused-ring (bicyclic) bond motifs is 4. The summed E-state index contributed by atoms with van der Waals surface area (Å²) in [4.78, 5) is 58.6. The van der Waals surface area contributed by atoms with Gasteiger partial charge in [-0.3, -0.25) is 29.0 Å². The first-order chi connectivity index (χ1) is 21.7. The molecule has 3 fully saturated rings. The summed E-state index contributed by atoms with van der Waals surface area (Å²) in [7, 11) is 1.48. The van der Waals surface area contributed by atoms with E-state index in [4.69, 9.17) is 4.74 Å². The summed E-state index contributed by atoms with van der Waals surface area (Å²) in [6, 6.07) is 19.6. The fourth-order valence-corrected chi connectivity index (χ4v) is 8.27. The van der Waals surface area contributed by atoms with Gasteiger partial charge < -0.3 is 9.84 Å². The van der Waals surface area contributed by atoms with Crippen LogP contribution in [0.2, 0.25) is 0 Å². The number of nitrogens with zero attached hydrogens (tertiary/aromatic N) is 2. The number of ether oxygens (including phenoxy) is 1. The minimum Gasteiger partial charge on any atom is -0.504 e. The summed E-state index contributed by atoms with van der Waals surface area (Å²) in [6.07, 6.45) is 6.54. The molecule has 0 bridgehead atoms. The van der Waals surface area contributed by atoms with Gasteiger partial charge in [0, 0.05) is 13.1 Å². The van der Waals surface area contributed by atoms with Crippen LogP contribution >= 0.6 is 45.2 Å². The standard InChI is InChI=1S/C35H28I2N2O6/c1-45-29-16-18(3-15-28(29)40)2-12-24-23-13-14-25-31(35(44)38(32(25)41)21-8-4-19(36)5-9-21)26(23)17-27-30(24)34(43)39(33(27)42)22-10-6-20(37)7-11-22/h2-13,15-16,24-27,30-31,40H,14,17H2,1H3. The molecule has 45 heavy (non-hydrogen) atoms. The highest BCUT2D eigenvalue weighted by Crippen LogP contribution is 2.56. The highest BCUT2D eigenvalue weighted by atomic mass is 127.